The van der Waals surface area contributed by atoms with Crippen LogP contribution < -0.4 is 15.5 Å². The summed E-state index contributed by atoms with van der Waals surface area (Å²) in [6, 6.07) is 11.2. The second-order valence-electron chi connectivity index (χ2n) is 10.2. The number of carbonyl (C=O) groups excluding carboxylic acids is 2. The van der Waals surface area contributed by atoms with Crippen LogP contribution in [0.2, 0.25) is 0 Å². The molecule has 0 bridgehead atoms. The van der Waals surface area contributed by atoms with Gasteiger partial charge in [0.2, 0.25) is 0 Å². The number of oxazole rings is 1. The largest absolute Gasteiger partial charge is 0.444 e. The number of hydrogen-bond acceptors (Lipinski definition) is 9. The summed E-state index contributed by atoms with van der Waals surface area (Å²) in [5.41, 5.74) is 1.65. The van der Waals surface area contributed by atoms with Crippen LogP contribution in [0.5, 0.6) is 0 Å². The SMILES string of the molecule is CC(C)(C)OC(=O)N1CCC(Nc2cccc(C(=O)Nc3ccc4nc(N5CCOCC5)oc4c3)n2)C1. The number of morpholine rings is 1. The highest BCUT2D eigenvalue weighted by Crippen LogP contribution is 2.26. The van der Waals surface area contributed by atoms with Crippen molar-refractivity contribution in [3.8, 4) is 0 Å². The van der Waals surface area contributed by atoms with Gasteiger partial charge in [-0.2, -0.15) is 4.98 Å². The first-order chi connectivity index (χ1) is 17.7. The Kier molecular flexibility index (Phi) is 6.88. The molecule has 4 heterocycles. The number of nitrogens with one attached hydrogen (secondary N) is 2. The number of aromatic nitrogens is 2. The predicted octanol–water partition coefficient (Wildman–Crippen LogP) is 3.73. The monoisotopic (exact) mass is 508 g/mol. The molecule has 3 aromatic rings. The molecule has 0 saturated carbocycles. The highest BCUT2D eigenvalue weighted by Gasteiger charge is 2.30. The Bertz CT molecular complexity index is 1280. The topological polar surface area (TPSA) is 122 Å². The quantitative estimate of drug-likeness (QED) is 0.531. The van der Waals surface area contributed by atoms with Crippen molar-refractivity contribution in [2.75, 3.05) is 54.9 Å². The van der Waals surface area contributed by atoms with Crippen LogP contribution in [0.15, 0.2) is 40.8 Å². The molecule has 196 valence electrons. The molecule has 11 heteroatoms. The molecule has 5 rings (SSSR count). The van der Waals surface area contributed by atoms with Crippen molar-refractivity contribution in [3.63, 3.8) is 0 Å². The van der Waals surface area contributed by atoms with Gasteiger partial charge in [0.1, 0.15) is 22.6 Å². The third kappa shape index (κ3) is 6.11. The van der Waals surface area contributed by atoms with Crippen molar-refractivity contribution in [2.45, 2.75) is 38.8 Å². The first-order valence-electron chi connectivity index (χ1n) is 12.5. The van der Waals surface area contributed by atoms with Crippen molar-refractivity contribution in [3.05, 3.63) is 42.1 Å². The lowest BCUT2D eigenvalue weighted by molar-refractivity contribution is 0.0293. The molecule has 2 aliphatic rings. The Morgan fingerprint density at radius 1 is 1.08 bits per heavy atom. The van der Waals surface area contributed by atoms with Crippen LogP contribution >= 0.6 is 0 Å². The maximum absolute atomic E-state index is 12.9. The Hall–Kier alpha value is -3.86. The molecule has 11 nitrogen and oxygen atoms in total. The minimum Gasteiger partial charge on any atom is -0.444 e. The van der Waals surface area contributed by atoms with Gasteiger partial charge < -0.3 is 34.3 Å². The summed E-state index contributed by atoms with van der Waals surface area (Å²) in [5, 5.41) is 6.21. The Balaban J connectivity index is 1.20. The van der Waals surface area contributed by atoms with E-state index in [0.717, 1.165) is 25.0 Å². The van der Waals surface area contributed by atoms with Gasteiger partial charge in [0, 0.05) is 44.0 Å². The number of likely N-dealkylation sites (tertiary alicyclic amines) is 1. The van der Waals surface area contributed by atoms with E-state index < -0.39 is 5.60 Å². The minimum atomic E-state index is -0.533. The number of ether oxygens (including phenoxy) is 2. The van der Waals surface area contributed by atoms with E-state index in [-0.39, 0.29) is 23.7 Å². The summed E-state index contributed by atoms with van der Waals surface area (Å²) in [7, 11) is 0. The zero-order chi connectivity index (χ0) is 26.0. The van der Waals surface area contributed by atoms with Gasteiger partial charge in [-0.05, 0) is 51.5 Å². The predicted molar refractivity (Wildman–Crippen MR) is 139 cm³/mol. The van der Waals surface area contributed by atoms with Crippen molar-refractivity contribution in [1.82, 2.24) is 14.9 Å². The maximum atomic E-state index is 12.9. The van der Waals surface area contributed by atoms with E-state index in [1.54, 1.807) is 35.2 Å². The van der Waals surface area contributed by atoms with Gasteiger partial charge in [-0.3, -0.25) is 4.79 Å². The van der Waals surface area contributed by atoms with Gasteiger partial charge in [-0.15, -0.1) is 0 Å². The fourth-order valence-corrected chi connectivity index (χ4v) is 4.30. The first kappa shape index (κ1) is 24.8. The number of hydrogen-bond donors (Lipinski definition) is 2. The maximum Gasteiger partial charge on any atom is 0.410 e. The number of benzene rings is 1. The molecule has 0 radical (unpaired) electrons. The lowest BCUT2D eigenvalue weighted by Crippen LogP contribution is -2.36. The lowest BCUT2D eigenvalue weighted by atomic mass is 10.2. The summed E-state index contributed by atoms with van der Waals surface area (Å²) in [5.74, 6) is 0.238. The number of pyridine rings is 1. The zero-order valence-electron chi connectivity index (χ0n) is 21.3. The molecule has 2 fully saturated rings. The van der Waals surface area contributed by atoms with E-state index in [0.29, 0.717) is 49.4 Å². The van der Waals surface area contributed by atoms with E-state index in [9.17, 15) is 9.59 Å². The van der Waals surface area contributed by atoms with Gasteiger partial charge in [-0.1, -0.05) is 6.07 Å². The molecular formula is C26H32N6O5. The molecule has 2 amide bonds. The molecule has 0 aliphatic carbocycles. The Morgan fingerprint density at radius 2 is 1.89 bits per heavy atom. The second kappa shape index (κ2) is 10.3. The van der Waals surface area contributed by atoms with E-state index in [1.807, 2.05) is 31.7 Å². The fourth-order valence-electron chi connectivity index (χ4n) is 4.30. The van der Waals surface area contributed by atoms with Gasteiger partial charge in [0.15, 0.2) is 5.58 Å². The summed E-state index contributed by atoms with van der Waals surface area (Å²) >= 11 is 0. The van der Waals surface area contributed by atoms with E-state index in [4.69, 9.17) is 13.9 Å². The van der Waals surface area contributed by atoms with Crippen LogP contribution in [0, 0.1) is 0 Å². The standard InChI is InChI=1S/C26H32N6O5/c1-26(2,3)37-25(34)32-10-9-18(16-32)27-22-6-4-5-20(29-22)23(33)28-17-7-8-19-21(15-17)36-24(30-19)31-11-13-35-14-12-31/h4-8,15,18H,9-14,16H2,1-3H3,(H,27,29)(H,28,33). The molecule has 37 heavy (non-hydrogen) atoms. The highest BCUT2D eigenvalue weighted by atomic mass is 16.6. The van der Waals surface area contributed by atoms with Crippen LogP contribution in [0.25, 0.3) is 11.1 Å². The fraction of sp³-hybridized carbons (Fsp3) is 0.462. The van der Waals surface area contributed by atoms with Crippen LogP contribution in [-0.2, 0) is 9.47 Å². The number of carbonyl (C=O) groups is 2. The van der Waals surface area contributed by atoms with Gasteiger partial charge >= 0.3 is 6.09 Å². The minimum absolute atomic E-state index is 0.0212. The number of anilines is 3. The molecule has 2 N–H and O–H groups in total. The van der Waals surface area contributed by atoms with E-state index >= 15 is 0 Å². The third-order valence-electron chi connectivity index (χ3n) is 6.09. The van der Waals surface area contributed by atoms with Crippen LogP contribution in [0.4, 0.5) is 22.3 Å². The smallest absolute Gasteiger partial charge is 0.410 e. The molecule has 1 aromatic carbocycles. The summed E-state index contributed by atoms with van der Waals surface area (Å²) in [6.45, 7) is 9.41. The highest BCUT2D eigenvalue weighted by molar-refractivity contribution is 6.03. The van der Waals surface area contributed by atoms with Crippen molar-refractivity contribution < 1.29 is 23.5 Å². The van der Waals surface area contributed by atoms with Gasteiger partial charge in [0.25, 0.3) is 11.9 Å². The third-order valence-corrected chi connectivity index (χ3v) is 6.09. The first-order valence-corrected chi connectivity index (χ1v) is 12.5. The van der Waals surface area contributed by atoms with Crippen molar-refractivity contribution in [2.24, 2.45) is 0 Å². The van der Waals surface area contributed by atoms with Crippen LogP contribution in [0.1, 0.15) is 37.7 Å². The van der Waals surface area contributed by atoms with E-state index in [1.165, 1.54) is 0 Å². The molecule has 1 atom stereocenters. The molecular weight excluding hydrogens is 476 g/mol. The molecule has 2 aromatic heterocycles. The van der Waals surface area contributed by atoms with Crippen molar-refractivity contribution in [1.29, 1.82) is 0 Å². The molecule has 2 saturated heterocycles. The molecule has 2 aliphatic heterocycles. The van der Waals surface area contributed by atoms with Crippen LogP contribution in [-0.4, -0.2) is 77.9 Å². The summed E-state index contributed by atoms with van der Waals surface area (Å²) in [4.78, 5) is 38.0. The van der Waals surface area contributed by atoms with Gasteiger partial charge in [0.05, 0.1) is 13.2 Å². The lowest BCUT2D eigenvalue weighted by Gasteiger charge is -2.24. The molecule has 0 spiro atoms. The average molecular weight is 509 g/mol. The summed E-state index contributed by atoms with van der Waals surface area (Å²) < 4.78 is 16.8. The zero-order valence-corrected chi connectivity index (χ0v) is 21.3. The van der Waals surface area contributed by atoms with E-state index in [2.05, 4.69) is 20.6 Å². The van der Waals surface area contributed by atoms with Crippen LogP contribution in [0.3, 0.4) is 0 Å². The number of fused-ring (bicyclic) bond motifs is 1. The second-order valence-corrected chi connectivity index (χ2v) is 10.2. The van der Waals surface area contributed by atoms with Crippen molar-refractivity contribution >= 4 is 40.6 Å². The Morgan fingerprint density at radius 3 is 2.68 bits per heavy atom. The number of amides is 2. The molecule has 1 unspecified atom stereocenters. The Labute approximate surface area is 215 Å². The van der Waals surface area contributed by atoms with Gasteiger partial charge in [-0.25, -0.2) is 9.78 Å². The number of nitrogens with zero attached hydrogens (tertiary/aromatic N) is 4. The normalized spacial score (nSPS) is 18.2. The average Bonchev–Trinajstić information content (AvgIpc) is 3.51. The summed E-state index contributed by atoms with van der Waals surface area (Å²) in [6.07, 6.45) is 0.444. The number of rotatable bonds is 5.